The van der Waals surface area contributed by atoms with Gasteiger partial charge in [0.1, 0.15) is 5.69 Å². The molecule has 1 aliphatic heterocycles. The molecule has 1 amide bonds. The molecule has 0 unspecified atom stereocenters. The fourth-order valence-electron chi connectivity index (χ4n) is 4.33. The number of para-hydroxylation sites is 2. The first-order valence-electron chi connectivity index (χ1n) is 10.7. The van der Waals surface area contributed by atoms with Gasteiger partial charge in [-0.2, -0.15) is 0 Å². The molecular weight excluding hydrogens is 406 g/mol. The van der Waals surface area contributed by atoms with Gasteiger partial charge in [0.15, 0.2) is 11.5 Å². The van der Waals surface area contributed by atoms with Crippen molar-refractivity contribution in [2.75, 3.05) is 27.4 Å². The molecule has 4 aromatic rings. The van der Waals surface area contributed by atoms with Crippen LogP contribution in [-0.4, -0.2) is 49.4 Å². The molecule has 7 nitrogen and oxygen atoms in total. The molecule has 2 N–H and O–H groups in total. The molecule has 1 fully saturated rings. The number of carbonyl (C=O) groups excluding carboxylic acids is 1. The molecule has 1 atom stereocenters. The van der Waals surface area contributed by atoms with Gasteiger partial charge >= 0.3 is 0 Å². The Morgan fingerprint density at radius 1 is 1.16 bits per heavy atom. The first kappa shape index (κ1) is 20.3. The molecule has 0 saturated carbocycles. The van der Waals surface area contributed by atoms with E-state index < -0.39 is 0 Å². The molecule has 0 spiro atoms. The lowest BCUT2D eigenvalue weighted by atomic mass is 10.0. The molecule has 1 saturated heterocycles. The lowest BCUT2D eigenvalue weighted by molar-refractivity contribution is 0.0854. The summed E-state index contributed by atoms with van der Waals surface area (Å²) >= 11 is 0. The number of hydrogen-bond acceptors (Lipinski definition) is 5. The number of amides is 1. The van der Waals surface area contributed by atoms with Crippen LogP contribution in [0.1, 0.15) is 23.3 Å². The Morgan fingerprint density at radius 3 is 2.81 bits per heavy atom. The number of rotatable bonds is 6. The quantitative estimate of drug-likeness (QED) is 0.475. The van der Waals surface area contributed by atoms with Gasteiger partial charge in [-0.05, 0) is 37.1 Å². The second-order valence-corrected chi connectivity index (χ2v) is 7.84. The number of nitrogens with zero attached hydrogens (tertiary/aromatic N) is 1. The van der Waals surface area contributed by atoms with Crippen molar-refractivity contribution in [3.05, 3.63) is 54.2 Å². The predicted octanol–water partition coefficient (Wildman–Crippen LogP) is 4.31. The molecule has 2 aromatic heterocycles. The summed E-state index contributed by atoms with van der Waals surface area (Å²) in [4.78, 5) is 21.3. The second-order valence-electron chi connectivity index (χ2n) is 7.84. The highest BCUT2D eigenvalue weighted by Gasteiger charge is 2.22. The van der Waals surface area contributed by atoms with Crippen LogP contribution in [0.2, 0.25) is 0 Å². The summed E-state index contributed by atoms with van der Waals surface area (Å²) in [6.07, 6.45) is 2.05. The van der Waals surface area contributed by atoms with Crippen LogP contribution in [0.5, 0.6) is 11.5 Å². The third-order valence-corrected chi connectivity index (χ3v) is 5.90. The Morgan fingerprint density at radius 2 is 2.03 bits per heavy atom. The molecule has 7 heteroatoms. The van der Waals surface area contributed by atoms with E-state index in [-0.39, 0.29) is 12.0 Å². The number of ether oxygens (including phenoxy) is 3. The summed E-state index contributed by atoms with van der Waals surface area (Å²) in [6.45, 7) is 1.23. The van der Waals surface area contributed by atoms with Crippen molar-refractivity contribution in [1.82, 2.24) is 15.3 Å². The highest BCUT2D eigenvalue weighted by molar-refractivity contribution is 6.13. The Hall–Kier alpha value is -3.58. The summed E-state index contributed by atoms with van der Waals surface area (Å²) in [5, 5.41) is 4.94. The van der Waals surface area contributed by atoms with Gasteiger partial charge in [0.05, 0.1) is 31.5 Å². The van der Waals surface area contributed by atoms with Crippen LogP contribution in [0.3, 0.4) is 0 Å². The number of fused-ring (bicyclic) bond motifs is 3. The Bertz CT molecular complexity index is 1290. The van der Waals surface area contributed by atoms with Gasteiger partial charge in [-0.15, -0.1) is 0 Å². The van der Waals surface area contributed by atoms with Gasteiger partial charge in [0, 0.05) is 35.0 Å². The summed E-state index contributed by atoms with van der Waals surface area (Å²) in [7, 11) is 3.20. The third kappa shape index (κ3) is 3.54. The molecule has 3 heterocycles. The molecule has 0 aliphatic carbocycles. The number of H-pyrrole nitrogens is 1. The van der Waals surface area contributed by atoms with Crippen LogP contribution < -0.4 is 14.8 Å². The Labute approximate surface area is 185 Å². The summed E-state index contributed by atoms with van der Waals surface area (Å²) in [5.74, 6) is 0.944. The molecule has 32 heavy (non-hydrogen) atoms. The van der Waals surface area contributed by atoms with Crippen LogP contribution in [-0.2, 0) is 4.74 Å². The van der Waals surface area contributed by atoms with E-state index in [1.165, 1.54) is 0 Å². The van der Waals surface area contributed by atoms with E-state index in [4.69, 9.17) is 19.2 Å². The van der Waals surface area contributed by atoms with Crippen molar-refractivity contribution >= 4 is 27.7 Å². The molecule has 0 bridgehead atoms. The maximum absolute atomic E-state index is 13.1. The van der Waals surface area contributed by atoms with E-state index in [1.807, 2.05) is 48.5 Å². The van der Waals surface area contributed by atoms with Crippen molar-refractivity contribution in [3.8, 4) is 22.8 Å². The van der Waals surface area contributed by atoms with E-state index in [0.717, 1.165) is 46.8 Å². The molecule has 0 radical (unpaired) electrons. The van der Waals surface area contributed by atoms with E-state index >= 15 is 0 Å². The van der Waals surface area contributed by atoms with Crippen molar-refractivity contribution < 1.29 is 19.0 Å². The number of hydrogen-bond donors (Lipinski definition) is 2. The minimum absolute atomic E-state index is 0.0636. The highest BCUT2D eigenvalue weighted by atomic mass is 16.5. The zero-order chi connectivity index (χ0) is 22.1. The fraction of sp³-hybridized carbons (Fsp3) is 0.280. The molecule has 2 aromatic carbocycles. The van der Waals surface area contributed by atoms with Crippen LogP contribution >= 0.6 is 0 Å². The highest BCUT2D eigenvalue weighted by Crippen LogP contribution is 2.41. The molecule has 5 rings (SSSR count). The molecule has 164 valence electrons. The number of aromatic nitrogens is 2. The topological polar surface area (TPSA) is 85.5 Å². The Balaban J connectivity index is 1.67. The van der Waals surface area contributed by atoms with E-state index in [9.17, 15) is 4.79 Å². The summed E-state index contributed by atoms with van der Waals surface area (Å²) in [6, 6.07) is 15.5. The third-order valence-electron chi connectivity index (χ3n) is 5.90. The Kier molecular flexibility index (Phi) is 5.41. The lowest BCUT2D eigenvalue weighted by Gasteiger charge is -2.14. The first-order chi connectivity index (χ1) is 15.7. The van der Waals surface area contributed by atoms with E-state index in [1.54, 1.807) is 14.2 Å². The van der Waals surface area contributed by atoms with Crippen LogP contribution in [0.15, 0.2) is 48.5 Å². The minimum Gasteiger partial charge on any atom is -0.493 e. The van der Waals surface area contributed by atoms with Gasteiger partial charge in [0.2, 0.25) is 0 Å². The first-order valence-corrected chi connectivity index (χ1v) is 10.7. The zero-order valence-corrected chi connectivity index (χ0v) is 18.1. The average molecular weight is 431 g/mol. The van der Waals surface area contributed by atoms with Gasteiger partial charge in [0.25, 0.3) is 5.91 Å². The monoisotopic (exact) mass is 431 g/mol. The van der Waals surface area contributed by atoms with Crippen LogP contribution in [0.25, 0.3) is 33.1 Å². The van der Waals surface area contributed by atoms with Gasteiger partial charge in [-0.1, -0.05) is 24.3 Å². The number of aromatic amines is 1. The van der Waals surface area contributed by atoms with Gasteiger partial charge in [-0.25, -0.2) is 4.98 Å². The number of methoxy groups -OCH3 is 2. The summed E-state index contributed by atoms with van der Waals surface area (Å²) < 4.78 is 16.8. The van der Waals surface area contributed by atoms with Gasteiger partial charge in [-0.3, -0.25) is 4.79 Å². The van der Waals surface area contributed by atoms with Gasteiger partial charge < -0.3 is 24.5 Å². The standard InChI is InChI=1S/C25H25N3O4/c1-30-21-11-5-9-17(24(21)31-2)22-23-18(16-8-3-4-10-19(16)27-23)13-20(28-22)25(29)26-14-15-7-6-12-32-15/h3-5,8-11,13,15,27H,6-7,12,14H2,1-2H3,(H,26,29)/t15-/m0/s1. The van der Waals surface area contributed by atoms with Crippen molar-refractivity contribution in [2.24, 2.45) is 0 Å². The average Bonchev–Trinajstić information content (AvgIpc) is 3.49. The maximum atomic E-state index is 13.1. The SMILES string of the molecule is COc1cccc(-c2nc(C(=O)NC[C@@H]3CCCO3)cc3c2[nH]c2ccccc23)c1OC. The van der Waals surface area contributed by atoms with Crippen molar-refractivity contribution in [1.29, 1.82) is 0 Å². The number of nitrogens with one attached hydrogen (secondary N) is 2. The number of pyridine rings is 1. The second kappa shape index (κ2) is 8.51. The normalized spacial score (nSPS) is 15.9. The smallest absolute Gasteiger partial charge is 0.270 e. The molecular formula is C25H25N3O4. The van der Waals surface area contributed by atoms with Crippen LogP contribution in [0, 0.1) is 0 Å². The van der Waals surface area contributed by atoms with Crippen molar-refractivity contribution in [2.45, 2.75) is 18.9 Å². The van der Waals surface area contributed by atoms with Crippen molar-refractivity contribution in [3.63, 3.8) is 0 Å². The fourth-order valence-corrected chi connectivity index (χ4v) is 4.33. The van der Waals surface area contributed by atoms with E-state index in [2.05, 4.69) is 10.3 Å². The predicted molar refractivity (Wildman–Crippen MR) is 123 cm³/mol. The number of benzene rings is 2. The molecule has 1 aliphatic rings. The van der Waals surface area contributed by atoms with Crippen LogP contribution in [0.4, 0.5) is 0 Å². The van der Waals surface area contributed by atoms with E-state index in [0.29, 0.717) is 29.4 Å². The zero-order valence-electron chi connectivity index (χ0n) is 18.1. The lowest BCUT2D eigenvalue weighted by Crippen LogP contribution is -2.32. The number of carbonyl (C=O) groups is 1. The minimum atomic E-state index is -0.226. The summed E-state index contributed by atoms with van der Waals surface area (Å²) in [5.41, 5.74) is 3.55. The largest absolute Gasteiger partial charge is 0.493 e. The maximum Gasteiger partial charge on any atom is 0.270 e.